The lowest BCUT2D eigenvalue weighted by atomic mass is 9.78. The molecule has 0 radical (unpaired) electrons. The van der Waals surface area contributed by atoms with Crippen LogP contribution in [0.1, 0.15) is 37.3 Å². The Hall–Kier alpha value is -2.95. The van der Waals surface area contributed by atoms with E-state index in [1.54, 1.807) is 7.11 Å². The number of anilines is 1. The second-order valence-corrected chi connectivity index (χ2v) is 28.3. The van der Waals surface area contributed by atoms with Crippen LogP contribution >= 0.6 is 15.9 Å². The van der Waals surface area contributed by atoms with E-state index in [1.165, 1.54) is 7.11 Å². The number of hydrogen-bond donors (Lipinski definition) is 0. The predicted octanol–water partition coefficient (Wildman–Crippen LogP) is 9.11. The first-order valence-electron chi connectivity index (χ1n) is 18.4. The van der Waals surface area contributed by atoms with Crippen LogP contribution < -0.4 is 4.90 Å². The van der Waals surface area contributed by atoms with Crippen LogP contribution in [0.4, 0.5) is 5.82 Å². The van der Waals surface area contributed by atoms with Crippen molar-refractivity contribution in [3.05, 3.63) is 65.0 Å². The molecule has 13 heteroatoms. The van der Waals surface area contributed by atoms with Gasteiger partial charge in [0.15, 0.2) is 17.6 Å². The van der Waals surface area contributed by atoms with Crippen molar-refractivity contribution in [3.8, 4) is 22.4 Å². The van der Waals surface area contributed by atoms with Gasteiger partial charge in [0.2, 0.25) is 0 Å². The summed E-state index contributed by atoms with van der Waals surface area (Å²) in [6, 6.07) is 16.5. The summed E-state index contributed by atoms with van der Waals surface area (Å²) in [6.45, 7) is 16.3. The second-order valence-electron chi connectivity index (χ2n) is 16.3. The van der Waals surface area contributed by atoms with Gasteiger partial charge in [0.1, 0.15) is 13.5 Å². The number of esters is 1. The number of rotatable bonds is 17. The molecule has 282 valence electrons. The highest BCUT2D eigenvalue weighted by Crippen LogP contribution is 2.43. The van der Waals surface area contributed by atoms with Crippen LogP contribution in [-0.4, -0.2) is 88.7 Å². The summed E-state index contributed by atoms with van der Waals surface area (Å²) < 4.78 is 26.2. The number of aromatic nitrogens is 4. The largest absolute Gasteiger partial charge is 0.467 e. The van der Waals surface area contributed by atoms with Gasteiger partial charge in [-0.25, -0.2) is 9.78 Å². The lowest BCUT2D eigenvalue weighted by Crippen LogP contribution is -2.35. The van der Waals surface area contributed by atoms with E-state index in [-0.39, 0.29) is 17.8 Å². The minimum Gasteiger partial charge on any atom is -0.467 e. The van der Waals surface area contributed by atoms with Gasteiger partial charge in [-0.3, -0.25) is 4.98 Å². The number of benzene rings is 1. The van der Waals surface area contributed by atoms with Crippen LogP contribution in [0, 0.1) is 5.92 Å². The molecule has 3 aromatic heterocycles. The van der Waals surface area contributed by atoms with Crippen molar-refractivity contribution >= 4 is 49.5 Å². The number of ether oxygens (including phenoxy) is 4. The lowest BCUT2D eigenvalue weighted by molar-refractivity contribution is -0.156. The molecule has 3 heterocycles. The van der Waals surface area contributed by atoms with Crippen LogP contribution in [0.3, 0.4) is 0 Å². The maximum Gasteiger partial charge on any atom is 0.335 e. The van der Waals surface area contributed by atoms with E-state index in [9.17, 15) is 4.79 Å². The Morgan fingerprint density at radius 3 is 2.06 bits per heavy atom. The zero-order chi connectivity index (χ0) is 37.5. The topological polar surface area (TPSA) is 100 Å². The van der Waals surface area contributed by atoms with Crippen molar-refractivity contribution in [1.82, 2.24) is 19.6 Å². The fourth-order valence-corrected chi connectivity index (χ4v) is 8.96. The van der Waals surface area contributed by atoms with E-state index in [0.717, 1.165) is 81.8 Å². The fraction of sp³-hybridized carbons (Fsp3) is 0.538. The number of pyridine rings is 1. The van der Waals surface area contributed by atoms with Gasteiger partial charge in [-0.2, -0.15) is 9.61 Å². The van der Waals surface area contributed by atoms with Gasteiger partial charge in [-0.15, -0.1) is 0 Å². The van der Waals surface area contributed by atoms with Gasteiger partial charge in [0.25, 0.3) is 0 Å². The quantitative estimate of drug-likeness (QED) is 0.0448. The van der Waals surface area contributed by atoms with E-state index in [2.05, 4.69) is 84.4 Å². The molecular formula is C39H56BrN5O5Si2. The number of halogens is 1. The normalized spacial score (nSPS) is 17.3. The molecule has 0 unspecified atom stereocenters. The number of fused-ring (bicyclic) bond motifs is 1. The summed E-state index contributed by atoms with van der Waals surface area (Å²) >= 11 is 4.04. The van der Waals surface area contributed by atoms with Crippen LogP contribution in [0.5, 0.6) is 0 Å². The highest BCUT2D eigenvalue weighted by Gasteiger charge is 2.35. The van der Waals surface area contributed by atoms with Gasteiger partial charge in [-0.1, -0.05) is 75.7 Å². The zero-order valence-electron chi connectivity index (χ0n) is 32.2. The maximum absolute atomic E-state index is 12.5. The molecule has 0 aliphatic heterocycles. The molecule has 0 saturated heterocycles. The Labute approximate surface area is 319 Å². The molecule has 0 N–H and O–H groups in total. The summed E-state index contributed by atoms with van der Waals surface area (Å²) in [6.07, 6.45) is 6.60. The first kappa shape index (κ1) is 40.2. The van der Waals surface area contributed by atoms with Crippen LogP contribution in [0.15, 0.2) is 59.3 Å². The Morgan fingerprint density at radius 2 is 1.52 bits per heavy atom. The number of methoxy groups -OCH3 is 2. The highest BCUT2D eigenvalue weighted by atomic mass is 79.9. The molecule has 0 bridgehead atoms. The Balaban J connectivity index is 1.54. The average Bonchev–Trinajstić information content (AvgIpc) is 3.54. The van der Waals surface area contributed by atoms with Crippen molar-refractivity contribution in [2.24, 2.45) is 5.92 Å². The van der Waals surface area contributed by atoms with E-state index < -0.39 is 22.3 Å². The van der Waals surface area contributed by atoms with Gasteiger partial charge in [0, 0.05) is 65.3 Å². The summed E-state index contributed by atoms with van der Waals surface area (Å²) in [7, 11) is 0.433. The summed E-state index contributed by atoms with van der Waals surface area (Å²) in [5.74, 6) is 0.788. The fourth-order valence-electron chi connectivity index (χ4n) is 6.61. The Kier molecular flexibility index (Phi) is 13.9. The minimum atomic E-state index is -1.28. The van der Waals surface area contributed by atoms with Crippen molar-refractivity contribution < 1.29 is 23.7 Å². The molecule has 4 aromatic rings. The molecule has 1 aromatic carbocycles. The van der Waals surface area contributed by atoms with E-state index >= 15 is 0 Å². The van der Waals surface area contributed by atoms with Gasteiger partial charge in [-0.05, 0) is 65.7 Å². The van der Waals surface area contributed by atoms with Crippen LogP contribution in [0.2, 0.25) is 51.4 Å². The first-order valence-corrected chi connectivity index (χ1v) is 26.6. The predicted molar refractivity (Wildman–Crippen MR) is 217 cm³/mol. The number of carbonyl (C=O) groups is 1. The molecule has 0 amide bonds. The molecular weight excluding hydrogens is 755 g/mol. The Bertz CT molecular complexity index is 1730. The number of carbonyl (C=O) groups excluding carboxylic acids is 1. The molecule has 52 heavy (non-hydrogen) atoms. The molecule has 10 nitrogen and oxygen atoms in total. The molecule has 0 spiro atoms. The first-order chi connectivity index (χ1) is 24.8. The van der Waals surface area contributed by atoms with E-state index in [0.29, 0.717) is 26.7 Å². The molecule has 1 aliphatic carbocycles. The third-order valence-corrected chi connectivity index (χ3v) is 14.0. The SMILES string of the molecule is COC(=O)[C@H](OC)C1CCC(c2nc3c(-c4ccc(-c5ccccc5)nc4)cnn3c(N(COCC[Si](C)(C)C)COCC[Si](C)(C)C)c2Br)CC1. The Morgan fingerprint density at radius 1 is 0.885 bits per heavy atom. The lowest BCUT2D eigenvalue weighted by Gasteiger charge is -2.33. The average molecular weight is 811 g/mol. The van der Waals surface area contributed by atoms with Crippen molar-refractivity contribution in [3.63, 3.8) is 0 Å². The molecule has 1 saturated carbocycles. The molecule has 1 atom stereocenters. The van der Waals surface area contributed by atoms with Gasteiger partial charge < -0.3 is 23.8 Å². The molecule has 5 rings (SSSR count). The number of hydrogen-bond acceptors (Lipinski definition) is 9. The third kappa shape index (κ3) is 10.4. The standard InChI is InChI=1S/C39H56BrN5O5Si2/c1-47-36(39(46)48-2)30-16-14-29(15-17-30)35-34(40)38(44(26-49-20-22-51(3,4)5)27-50-21-23-52(6,7)8)45-37(43-35)32(25-42-45)31-18-19-33(41-24-31)28-12-10-9-11-13-28/h9-13,18-19,24-25,29-30,36H,14-17,20-23,26-27H2,1-8H3/t29?,30?,36-/m1/s1. The van der Waals surface area contributed by atoms with E-state index in [1.807, 2.05) is 35.1 Å². The number of nitrogens with zero attached hydrogens (tertiary/aromatic N) is 5. The van der Waals surface area contributed by atoms with Crippen molar-refractivity contribution in [2.75, 3.05) is 45.8 Å². The monoisotopic (exact) mass is 809 g/mol. The van der Waals surface area contributed by atoms with E-state index in [4.69, 9.17) is 34.0 Å². The van der Waals surface area contributed by atoms with Crippen molar-refractivity contribution in [2.45, 2.75) is 89.1 Å². The summed E-state index contributed by atoms with van der Waals surface area (Å²) in [4.78, 5) is 24.8. The molecule has 1 aliphatic rings. The summed E-state index contributed by atoms with van der Waals surface area (Å²) in [5.41, 5.74) is 5.54. The summed E-state index contributed by atoms with van der Waals surface area (Å²) in [5, 5.41) is 4.94. The zero-order valence-corrected chi connectivity index (χ0v) is 35.7. The highest BCUT2D eigenvalue weighted by molar-refractivity contribution is 9.10. The smallest absolute Gasteiger partial charge is 0.335 e. The van der Waals surface area contributed by atoms with Crippen LogP contribution in [-0.2, 0) is 23.7 Å². The second kappa shape index (κ2) is 17.9. The minimum absolute atomic E-state index is 0.0893. The van der Waals surface area contributed by atoms with Gasteiger partial charge in [0.05, 0.1) is 29.2 Å². The van der Waals surface area contributed by atoms with Crippen molar-refractivity contribution in [1.29, 1.82) is 0 Å². The maximum atomic E-state index is 12.5. The van der Waals surface area contributed by atoms with Gasteiger partial charge >= 0.3 is 5.97 Å². The molecule has 1 fully saturated rings. The third-order valence-electron chi connectivity index (χ3n) is 9.80. The van der Waals surface area contributed by atoms with Crippen LogP contribution in [0.25, 0.3) is 28.0 Å².